The van der Waals surface area contributed by atoms with E-state index in [1.807, 2.05) is 4.90 Å². The van der Waals surface area contributed by atoms with Crippen molar-refractivity contribution < 1.29 is 18.1 Å². The summed E-state index contributed by atoms with van der Waals surface area (Å²) in [5.74, 6) is -0.248. The van der Waals surface area contributed by atoms with E-state index in [1.54, 1.807) is 25.4 Å². The highest BCUT2D eigenvalue weighted by atomic mass is 32.2. The summed E-state index contributed by atoms with van der Waals surface area (Å²) in [6, 6.07) is 5.86. The Kier molecular flexibility index (Phi) is 6.57. The molecule has 11 nitrogen and oxygen atoms in total. The second-order valence-corrected chi connectivity index (χ2v) is 8.85. The molecule has 1 saturated heterocycles. The van der Waals surface area contributed by atoms with Crippen molar-refractivity contribution in [1.82, 2.24) is 19.6 Å². The maximum atomic E-state index is 12.6. The molecule has 1 aromatic carbocycles. The van der Waals surface area contributed by atoms with Crippen LogP contribution in [0.2, 0.25) is 0 Å². The zero-order valence-corrected chi connectivity index (χ0v) is 17.2. The highest BCUT2D eigenvalue weighted by Crippen LogP contribution is 2.19. The van der Waals surface area contributed by atoms with Gasteiger partial charge < -0.3 is 10.2 Å². The van der Waals surface area contributed by atoms with Gasteiger partial charge in [0.05, 0.1) is 10.7 Å². The molecule has 0 bridgehead atoms. The lowest BCUT2D eigenvalue weighted by Crippen LogP contribution is -2.50. The molecule has 0 aliphatic carbocycles. The van der Waals surface area contributed by atoms with Crippen molar-refractivity contribution in [2.45, 2.75) is 6.92 Å². The first kappa shape index (κ1) is 21.6. The van der Waals surface area contributed by atoms with Crippen molar-refractivity contribution in [1.29, 1.82) is 0 Å². The molecule has 12 heteroatoms. The maximum absolute atomic E-state index is 12.6. The molecule has 0 atom stereocenters. The van der Waals surface area contributed by atoms with Gasteiger partial charge in [0.2, 0.25) is 16.0 Å². The lowest BCUT2D eigenvalue weighted by atomic mass is 10.1. The summed E-state index contributed by atoms with van der Waals surface area (Å²) < 4.78 is 26.5. The van der Waals surface area contributed by atoms with Crippen molar-refractivity contribution in [3.05, 3.63) is 57.9 Å². The van der Waals surface area contributed by atoms with E-state index in [0.29, 0.717) is 37.7 Å². The highest BCUT2D eigenvalue weighted by Gasteiger charge is 2.27. The van der Waals surface area contributed by atoms with E-state index in [-0.39, 0.29) is 23.5 Å². The first-order valence-corrected chi connectivity index (χ1v) is 10.9. The molecule has 1 aliphatic heterocycles. The van der Waals surface area contributed by atoms with E-state index in [2.05, 4.69) is 15.3 Å². The molecule has 1 aliphatic rings. The first-order valence-electron chi connectivity index (χ1n) is 9.31. The summed E-state index contributed by atoms with van der Waals surface area (Å²) in [6.45, 7) is 3.05. The van der Waals surface area contributed by atoms with Crippen LogP contribution in [0.1, 0.15) is 15.9 Å². The number of benzene rings is 1. The average molecular weight is 434 g/mol. The Morgan fingerprint density at radius 1 is 1.20 bits per heavy atom. The number of nitrogens with zero attached hydrogens (tertiary/aromatic N) is 5. The zero-order valence-electron chi connectivity index (χ0n) is 16.4. The molecule has 160 valence electrons. The highest BCUT2D eigenvalue weighted by molar-refractivity contribution is 7.89. The van der Waals surface area contributed by atoms with Gasteiger partial charge in [0.25, 0.3) is 11.6 Å². The topological polar surface area (TPSA) is 139 Å². The van der Waals surface area contributed by atoms with Crippen LogP contribution in [-0.2, 0) is 10.0 Å². The van der Waals surface area contributed by atoms with Crippen LogP contribution in [-0.4, -0.2) is 72.0 Å². The second kappa shape index (κ2) is 9.13. The van der Waals surface area contributed by atoms with E-state index >= 15 is 0 Å². The third-order valence-corrected chi connectivity index (χ3v) is 6.65. The van der Waals surface area contributed by atoms with E-state index in [1.165, 1.54) is 22.5 Å². The quantitative estimate of drug-likeness (QED) is 0.493. The number of nitro benzene ring substituents is 1. The lowest BCUT2D eigenvalue weighted by molar-refractivity contribution is -0.385. The standard InChI is InChI=1S/C18H22N6O5S/c1-14-3-4-15(13-16(14)24(26)27)17(25)19-7-12-30(28,29)23-10-8-22(9-11-23)18-20-5-2-6-21-18/h2-6,13H,7-12H2,1H3,(H,19,25). The predicted octanol–water partition coefficient (Wildman–Crippen LogP) is 0.575. The number of aromatic nitrogens is 2. The summed E-state index contributed by atoms with van der Waals surface area (Å²) in [7, 11) is -3.55. The Labute approximate surface area is 173 Å². The van der Waals surface area contributed by atoms with Crippen LogP contribution in [0.5, 0.6) is 0 Å². The van der Waals surface area contributed by atoms with E-state index < -0.39 is 20.9 Å². The summed E-state index contributed by atoms with van der Waals surface area (Å²) in [4.78, 5) is 32.9. The van der Waals surface area contributed by atoms with E-state index in [0.717, 1.165) is 0 Å². The minimum Gasteiger partial charge on any atom is -0.351 e. The molecule has 1 fully saturated rings. The van der Waals surface area contributed by atoms with Crippen LogP contribution in [0.15, 0.2) is 36.7 Å². The molecule has 1 N–H and O–H groups in total. The number of carbonyl (C=O) groups excluding carboxylic acids is 1. The molecule has 1 aromatic heterocycles. The smallest absolute Gasteiger partial charge is 0.273 e. The fourth-order valence-corrected chi connectivity index (χ4v) is 4.43. The summed E-state index contributed by atoms with van der Waals surface area (Å²) in [5, 5.41) is 13.5. The van der Waals surface area contributed by atoms with Crippen LogP contribution < -0.4 is 10.2 Å². The van der Waals surface area contributed by atoms with Crippen molar-refractivity contribution in [2.75, 3.05) is 43.4 Å². The minimum absolute atomic E-state index is 0.0924. The lowest BCUT2D eigenvalue weighted by Gasteiger charge is -2.33. The number of sulfonamides is 1. The van der Waals surface area contributed by atoms with Crippen LogP contribution in [0, 0.1) is 17.0 Å². The molecule has 0 saturated carbocycles. The fourth-order valence-electron chi connectivity index (χ4n) is 3.09. The number of hydrogen-bond donors (Lipinski definition) is 1. The van der Waals surface area contributed by atoms with Gasteiger partial charge in [-0.15, -0.1) is 0 Å². The monoisotopic (exact) mass is 434 g/mol. The largest absolute Gasteiger partial charge is 0.351 e. The van der Waals surface area contributed by atoms with Gasteiger partial charge in [-0.25, -0.2) is 18.4 Å². The van der Waals surface area contributed by atoms with Gasteiger partial charge >= 0.3 is 0 Å². The van der Waals surface area contributed by atoms with Crippen LogP contribution in [0.3, 0.4) is 0 Å². The normalized spacial score (nSPS) is 15.0. The maximum Gasteiger partial charge on any atom is 0.273 e. The van der Waals surface area contributed by atoms with Gasteiger partial charge in [-0.2, -0.15) is 4.31 Å². The number of piperazine rings is 1. The van der Waals surface area contributed by atoms with Gasteiger partial charge in [-0.05, 0) is 19.1 Å². The third kappa shape index (κ3) is 5.07. The number of nitrogens with one attached hydrogen (secondary N) is 1. The van der Waals surface area contributed by atoms with E-state index in [4.69, 9.17) is 0 Å². The number of nitro groups is 1. The van der Waals surface area contributed by atoms with Gasteiger partial charge in [0.1, 0.15) is 0 Å². The van der Waals surface area contributed by atoms with Crippen molar-refractivity contribution in [3.63, 3.8) is 0 Å². The molecule has 30 heavy (non-hydrogen) atoms. The third-order valence-electron chi connectivity index (χ3n) is 4.78. The van der Waals surface area contributed by atoms with Crippen molar-refractivity contribution in [2.24, 2.45) is 0 Å². The Balaban J connectivity index is 1.51. The van der Waals surface area contributed by atoms with Crippen molar-refractivity contribution in [3.8, 4) is 0 Å². The molecule has 1 amide bonds. The molecular weight excluding hydrogens is 412 g/mol. The predicted molar refractivity (Wildman–Crippen MR) is 110 cm³/mol. The molecule has 2 aromatic rings. The number of hydrogen-bond acceptors (Lipinski definition) is 8. The summed E-state index contributed by atoms with van der Waals surface area (Å²) in [6.07, 6.45) is 3.27. The van der Waals surface area contributed by atoms with Crippen LogP contribution in [0.25, 0.3) is 0 Å². The molecule has 0 unspecified atom stereocenters. The number of aryl methyl sites for hydroxylation is 1. The zero-order chi connectivity index (χ0) is 21.7. The van der Waals surface area contributed by atoms with Gasteiger partial charge in [0.15, 0.2) is 0 Å². The summed E-state index contributed by atoms with van der Waals surface area (Å²) >= 11 is 0. The number of anilines is 1. The van der Waals surface area contributed by atoms with Crippen LogP contribution >= 0.6 is 0 Å². The average Bonchev–Trinajstić information content (AvgIpc) is 2.74. The molecule has 2 heterocycles. The van der Waals surface area contributed by atoms with Crippen molar-refractivity contribution >= 4 is 27.6 Å². The van der Waals surface area contributed by atoms with Gasteiger partial charge in [-0.1, -0.05) is 6.07 Å². The Hall–Kier alpha value is -3.12. The Morgan fingerprint density at radius 3 is 2.50 bits per heavy atom. The summed E-state index contributed by atoms with van der Waals surface area (Å²) in [5.41, 5.74) is 0.399. The Morgan fingerprint density at radius 2 is 1.87 bits per heavy atom. The number of amides is 1. The SMILES string of the molecule is Cc1ccc(C(=O)NCCS(=O)(=O)N2CCN(c3ncccn3)CC2)cc1[N+](=O)[O-]. The van der Waals surface area contributed by atoms with Gasteiger partial charge in [0, 0.05) is 62.3 Å². The fraction of sp³-hybridized carbons (Fsp3) is 0.389. The molecule has 0 spiro atoms. The number of rotatable bonds is 7. The van der Waals surface area contributed by atoms with Gasteiger partial charge in [-0.3, -0.25) is 14.9 Å². The minimum atomic E-state index is -3.55. The molecular formula is C18H22N6O5S. The Bertz CT molecular complexity index is 1020. The number of carbonyl (C=O) groups is 1. The molecule has 3 rings (SSSR count). The molecule has 0 radical (unpaired) electrons. The van der Waals surface area contributed by atoms with E-state index in [9.17, 15) is 23.3 Å². The van der Waals surface area contributed by atoms with Crippen LogP contribution in [0.4, 0.5) is 11.6 Å². The second-order valence-electron chi connectivity index (χ2n) is 6.77. The first-order chi connectivity index (χ1) is 14.3.